The van der Waals surface area contributed by atoms with Crippen LogP contribution in [0.2, 0.25) is 5.02 Å². The summed E-state index contributed by atoms with van der Waals surface area (Å²) < 4.78 is 6.73. The Morgan fingerprint density at radius 2 is 2.20 bits per heavy atom. The molecule has 20 heavy (non-hydrogen) atoms. The summed E-state index contributed by atoms with van der Waals surface area (Å²) in [5, 5.41) is 0.538. The van der Waals surface area contributed by atoms with E-state index < -0.39 is 0 Å². The number of hydrogen-bond donors (Lipinski definition) is 1. The van der Waals surface area contributed by atoms with Gasteiger partial charge in [-0.05, 0) is 37.1 Å². The van der Waals surface area contributed by atoms with Crippen molar-refractivity contribution in [1.82, 2.24) is 4.98 Å². The topological polar surface area (TPSA) is 48.1 Å². The lowest BCUT2D eigenvalue weighted by molar-refractivity contribution is 0.452. The van der Waals surface area contributed by atoms with Gasteiger partial charge in [0.2, 0.25) is 5.88 Å². The molecule has 2 aromatic rings. The zero-order chi connectivity index (χ0) is 14.5. The van der Waals surface area contributed by atoms with Crippen LogP contribution in [0.1, 0.15) is 18.9 Å². The normalized spacial score (nSPS) is 12.2. The largest absolute Gasteiger partial charge is 0.437 e. The first-order valence-corrected chi connectivity index (χ1v) is 7.59. The molecule has 0 radical (unpaired) electrons. The van der Waals surface area contributed by atoms with Crippen LogP contribution in [0.3, 0.4) is 0 Å². The van der Waals surface area contributed by atoms with Gasteiger partial charge in [-0.25, -0.2) is 4.98 Å². The minimum Gasteiger partial charge on any atom is -0.437 e. The van der Waals surface area contributed by atoms with Crippen LogP contribution in [-0.4, -0.2) is 11.0 Å². The van der Waals surface area contributed by atoms with Crippen LogP contribution < -0.4 is 10.5 Å². The molecule has 1 aromatic carbocycles. The molecule has 1 aromatic heterocycles. The highest BCUT2D eigenvalue weighted by atomic mass is 79.9. The molecule has 5 heteroatoms. The molecular formula is C15H16BrClN2O. The first-order valence-electron chi connectivity index (χ1n) is 6.42. The van der Waals surface area contributed by atoms with E-state index in [4.69, 9.17) is 22.1 Å². The Morgan fingerprint density at radius 1 is 1.40 bits per heavy atom. The molecule has 0 aliphatic rings. The fourth-order valence-electron chi connectivity index (χ4n) is 1.76. The first-order chi connectivity index (χ1) is 9.60. The second-order valence-corrected chi connectivity index (χ2v) is 5.84. The Balaban J connectivity index is 2.24. The second kappa shape index (κ2) is 7.07. The minimum atomic E-state index is 0.0990. The summed E-state index contributed by atoms with van der Waals surface area (Å²) in [6, 6.07) is 9.43. The van der Waals surface area contributed by atoms with Crippen molar-refractivity contribution >= 4 is 27.5 Å². The summed E-state index contributed by atoms with van der Waals surface area (Å²) in [7, 11) is 0. The monoisotopic (exact) mass is 354 g/mol. The lowest BCUT2D eigenvalue weighted by Gasteiger charge is -2.13. The molecule has 106 valence electrons. The fraction of sp³-hybridized carbons (Fsp3) is 0.267. The number of pyridine rings is 1. The summed E-state index contributed by atoms with van der Waals surface area (Å²) >= 11 is 9.52. The van der Waals surface area contributed by atoms with E-state index in [9.17, 15) is 0 Å². The number of nitrogens with two attached hydrogens (primary N) is 1. The molecule has 0 spiro atoms. The average Bonchev–Trinajstić information content (AvgIpc) is 2.43. The Bertz CT molecular complexity index is 592. The maximum Gasteiger partial charge on any atom is 0.222 e. The SMILES string of the molecule is CCC(N)Cc1cccnc1Oc1ccc(Br)cc1Cl. The third-order valence-corrected chi connectivity index (χ3v) is 3.75. The first kappa shape index (κ1) is 15.3. The van der Waals surface area contributed by atoms with E-state index in [2.05, 4.69) is 27.8 Å². The highest BCUT2D eigenvalue weighted by molar-refractivity contribution is 9.10. The van der Waals surface area contributed by atoms with Crippen molar-refractivity contribution in [3.63, 3.8) is 0 Å². The van der Waals surface area contributed by atoms with Crippen LogP contribution in [0, 0.1) is 0 Å². The van der Waals surface area contributed by atoms with Gasteiger partial charge in [-0.1, -0.05) is 40.5 Å². The highest BCUT2D eigenvalue weighted by Crippen LogP contribution is 2.32. The van der Waals surface area contributed by atoms with E-state index in [0.717, 1.165) is 22.9 Å². The Kier molecular flexibility index (Phi) is 5.40. The Labute approximate surface area is 132 Å². The lowest BCUT2D eigenvalue weighted by Crippen LogP contribution is -2.21. The molecule has 0 saturated carbocycles. The van der Waals surface area contributed by atoms with Crippen molar-refractivity contribution in [2.75, 3.05) is 0 Å². The number of rotatable bonds is 5. The number of nitrogens with zero attached hydrogens (tertiary/aromatic N) is 1. The molecule has 0 bridgehead atoms. The third kappa shape index (κ3) is 3.95. The minimum absolute atomic E-state index is 0.0990. The summed E-state index contributed by atoms with van der Waals surface area (Å²) in [5.74, 6) is 1.14. The Morgan fingerprint density at radius 3 is 2.90 bits per heavy atom. The van der Waals surface area contributed by atoms with Crippen molar-refractivity contribution < 1.29 is 4.74 Å². The van der Waals surface area contributed by atoms with Crippen molar-refractivity contribution in [1.29, 1.82) is 0 Å². The van der Waals surface area contributed by atoms with Gasteiger partial charge < -0.3 is 10.5 Å². The van der Waals surface area contributed by atoms with E-state index in [1.54, 1.807) is 12.3 Å². The smallest absolute Gasteiger partial charge is 0.222 e. The maximum absolute atomic E-state index is 6.16. The summed E-state index contributed by atoms with van der Waals surface area (Å²) in [4.78, 5) is 4.28. The lowest BCUT2D eigenvalue weighted by atomic mass is 10.1. The van der Waals surface area contributed by atoms with Gasteiger partial charge in [-0.3, -0.25) is 0 Å². The zero-order valence-corrected chi connectivity index (χ0v) is 13.5. The maximum atomic E-state index is 6.16. The predicted molar refractivity (Wildman–Crippen MR) is 85.4 cm³/mol. The quantitative estimate of drug-likeness (QED) is 0.854. The van der Waals surface area contributed by atoms with Crippen LogP contribution in [0.5, 0.6) is 11.6 Å². The second-order valence-electron chi connectivity index (χ2n) is 4.52. The van der Waals surface area contributed by atoms with Gasteiger partial charge in [0.15, 0.2) is 0 Å². The van der Waals surface area contributed by atoms with Crippen LogP contribution in [0.15, 0.2) is 41.0 Å². The summed E-state index contributed by atoms with van der Waals surface area (Å²) in [6.45, 7) is 2.06. The van der Waals surface area contributed by atoms with E-state index in [0.29, 0.717) is 16.7 Å². The molecule has 0 aliphatic heterocycles. The van der Waals surface area contributed by atoms with E-state index in [1.807, 2.05) is 24.3 Å². The standard InChI is InChI=1S/C15H16BrClN2O/c1-2-12(18)8-10-4-3-7-19-15(10)20-14-6-5-11(16)9-13(14)17/h3-7,9,12H,2,8,18H2,1H3. The van der Waals surface area contributed by atoms with Crippen LogP contribution in [0.25, 0.3) is 0 Å². The molecule has 0 aliphatic carbocycles. The van der Waals surface area contributed by atoms with Crippen molar-refractivity contribution in [3.8, 4) is 11.6 Å². The number of halogens is 2. The van der Waals surface area contributed by atoms with E-state index >= 15 is 0 Å². The van der Waals surface area contributed by atoms with Crippen LogP contribution >= 0.6 is 27.5 Å². The molecule has 3 nitrogen and oxygen atoms in total. The highest BCUT2D eigenvalue weighted by Gasteiger charge is 2.11. The van der Waals surface area contributed by atoms with Gasteiger partial charge in [0.25, 0.3) is 0 Å². The third-order valence-electron chi connectivity index (χ3n) is 2.96. The molecule has 0 amide bonds. The van der Waals surface area contributed by atoms with Gasteiger partial charge in [-0.2, -0.15) is 0 Å². The number of benzene rings is 1. The van der Waals surface area contributed by atoms with Gasteiger partial charge in [-0.15, -0.1) is 0 Å². The molecule has 2 rings (SSSR count). The van der Waals surface area contributed by atoms with Crippen LogP contribution in [0.4, 0.5) is 0 Å². The molecule has 0 saturated heterocycles. The summed E-state index contributed by atoms with van der Waals surface area (Å²) in [6.07, 6.45) is 3.34. The molecule has 2 N–H and O–H groups in total. The van der Waals surface area contributed by atoms with Crippen molar-refractivity contribution in [2.24, 2.45) is 5.73 Å². The number of hydrogen-bond acceptors (Lipinski definition) is 3. The summed E-state index contributed by atoms with van der Waals surface area (Å²) in [5.41, 5.74) is 6.99. The number of aromatic nitrogens is 1. The van der Waals surface area contributed by atoms with E-state index in [1.165, 1.54) is 0 Å². The van der Waals surface area contributed by atoms with Gasteiger partial charge in [0.1, 0.15) is 5.75 Å². The Hall–Kier alpha value is -1.10. The predicted octanol–water partition coefficient (Wildman–Crippen LogP) is 4.57. The average molecular weight is 356 g/mol. The van der Waals surface area contributed by atoms with Crippen LogP contribution in [-0.2, 0) is 6.42 Å². The zero-order valence-electron chi connectivity index (χ0n) is 11.1. The van der Waals surface area contributed by atoms with Crippen molar-refractivity contribution in [2.45, 2.75) is 25.8 Å². The molecule has 0 fully saturated rings. The van der Waals surface area contributed by atoms with Gasteiger partial charge >= 0.3 is 0 Å². The molecule has 1 unspecified atom stereocenters. The fourth-order valence-corrected chi connectivity index (χ4v) is 2.47. The molecule has 1 atom stereocenters. The van der Waals surface area contributed by atoms with E-state index in [-0.39, 0.29) is 6.04 Å². The van der Waals surface area contributed by atoms with Gasteiger partial charge in [0, 0.05) is 22.3 Å². The molecule has 1 heterocycles. The van der Waals surface area contributed by atoms with Gasteiger partial charge in [0.05, 0.1) is 5.02 Å². The number of ether oxygens (including phenoxy) is 1. The van der Waals surface area contributed by atoms with Crippen molar-refractivity contribution in [3.05, 3.63) is 51.6 Å². The molecular weight excluding hydrogens is 340 g/mol.